The van der Waals surface area contributed by atoms with Gasteiger partial charge in [0, 0.05) is 25.9 Å². The third kappa shape index (κ3) is 3.95. The topological polar surface area (TPSA) is 30.5 Å². The summed E-state index contributed by atoms with van der Waals surface area (Å²) in [5.74, 6) is 1.59. The predicted molar refractivity (Wildman–Crippen MR) is 95.8 cm³/mol. The molecule has 0 aliphatic heterocycles. The second-order valence-electron chi connectivity index (χ2n) is 4.60. The van der Waals surface area contributed by atoms with Gasteiger partial charge in [0.05, 0.1) is 20.3 Å². The summed E-state index contributed by atoms with van der Waals surface area (Å²) in [6, 6.07) is 11.7. The molecule has 0 saturated heterocycles. The van der Waals surface area contributed by atoms with Crippen LogP contribution in [0.3, 0.4) is 0 Å². The highest BCUT2D eigenvalue weighted by atomic mass is 127. The van der Waals surface area contributed by atoms with Crippen molar-refractivity contribution in [3.05, 3.63) is 50.6 Å². The maximum atomic E-state index is 5.99. The van der Waals surface area contributed by atoms with Gasteiger partial charge in [-0.3, -0.25) is 0 Å². The lowest BCUT2D eigenvalue weighted by Gasteiger charge is -2.20. The molecule has 0 aromatic heterocycles. The number of benzene rings is 2. The van der Waals surface area contributed by atoms with Crippen LogP contribution >= 0.6 is 34.2 Å². The standard InChI is InChI=1S/C16H17ClINO2/c1-10(19-15-7-4-11(17)8-14(15)18)13-6-5-12(20-2)9-16(13)21-3/h4-10,19H,1-3H3. The van der Waals surface area contributed by atoms with Crippen LogP contribution in [0.1, 0.15) is 18.5 Å². The highest BCUT2D eigenvalue weighted by molar-refractivity contribution is 14.1. The monoisotopic (exact) mass is 417 g/mol. The SMILES string of the molecule is COc1ccc(C(C)Nc2ccc(Cl)cc2I)c(OC)c1. The summed E-state index contributed by atoms with van der Waals surface area (Å²) in [5.41, 5.74) is 2.12. The van der Waals surface area contributed by atoms with E-state index in [2.05, 4.69) is 34.8 Å². The number of halogens is 2. The van der Waals surface area contributed by atoms with Gasteiger partial charge in [0.25, 0.3) is 0 Å². The molecule has 0 fully saturated rings. The van der Waals surface area contributed by atoms with Gasteiger partial charge in [-0.25, -0.2) is 0 Å². The fourth-order valence-corrected chi connectivity index (χ4v) is 3.12. The molecule has 21 heavy (non-hydrogen) atoms. The first kappa shape index (κ1) is 16.2. The Bertz CT molecular complexity index is 634. The average molecular weight is 418 g/mol. The molecule has 0 aliphatic rings. The van der Waals surface area contributed by atoms with Crippen molar-refractivity contribution in [2.24, 2.45) is 0 Å². The molecule has 1 unspecified atom stereocenters. The zero-order valence-corrected chi connectivity index (χ0v) is 15.0. The van der Waals surface area contributed by atoms with Gasteiger partial charge >= 0.3 is 0 Å². The maximum Gasteiger partial charge on any atom is 0.127 e. The van der Waals surface area contributed by atoms with E-state index in [1.54, 1.807) is 14.2 Å². The van der Waals surface area contributed by atoms with Gasteiger partial charge < -0.3 is 14.8 Å². The van der Waals surface area contributed by atoms with E-state index in [0.29, 0.717) is 0 Å². The highest BCUT2D eigenvalue weighted by Crippen LogP contribution is 2.32. The molecule has 2 aromatic rings. The van der Waals surface area contributed by atoms with Crippen LogP contribution in [0.15, 0.2) is 36.4 Å². The van der Waals surface area contributed by atoms with Crippen LogP contribution < -0.4 is 14.8 Å². The van der Waals surface area contributed by atoms with Crippen molar-refractivity contribution in [3.8, 4) is 11.5 Å². The molecule has 112 valence electrons. The molecular weight excluding hydrogens is 401 g/mol. The molecule has 0 saturated carbocycles. The van der Waals surface area contributed by atoms with E-state index in [1.165, 1.54) is 0 Å². The summed E-state index contributed by atoms with van der Waals surface area (Å²) in [6.45, 7) is 2.09. The normalized spacial score (nSPS) is 11.9. The van der Waals surface area contributed by atoms with Gasteiger partial charge in [0.15, 0.2) is 0 Å². The van der Waals surface area contributed by atoms with E-state index < -0.39 is 0 Å². The van der Waals surface area contributed by atoms with Crippen molar-refractivity contribution >= 4 is 39.9 Å². The van der Waals surface area contributed by atoms with Crippen LogP contribution in [0.4, 0.5) is 5.69 Å². The van der Waals surface area contributed by atoms with Crippen molar-refractivity contribution in [1.82, 2.24) is 0 Å². The van der Waals surface area contributed by atoms with Crippen molar-refractivity contribution in [2.75, 3.05) is 19.5 Å². The molecule has 1 atom stereocenters. The fourth-order valence-electron chi connectivity index (χ4n) is 2.09. The van der Waals surface area contributed by atoms with Crippen LogP contribution in [0.5, 0.6) is 11.5 Å². The zero-order chi connectivity index (χ0) is 15.4. The molecule has 0 spiro atoms. The summed E-state index contributed by atoms with van der Waals surface area (Å²) in [6.07, 6.45) is 0. The third-order valence-electron chi connectivity index (χ3n) is 3.21. The zero-order valence-electron chi connectivity index (χ0n) is 12.1. The summed E-state index contributed by atoms with van der Waals surface area (Å²) in [7, 11) is 3.31. The van der Waals surface area contributed by atoms with Crippen molar-refractivity contribution in [3.63, 3.8) is 0 Å². The Labute approximate surface area is 143 Å². The number of hydrogen-bond donors (Lipinski definition) is 1. The van der Waals surface area contributed by atoms with Crippen molar-refractivity contribution in [1.29, 1.82) is 0 Å². The molecule has 3 nitrogen and oxygen atoms in total. The van der Waals surface area contributed by atoms with E-state index in [0.717, 1.165) is 31.3 Å². The smallest absolute Gasteiger partial charge is 0.127 e. The van der Waals surface area contributed by atoms with E-state index in [4.69, 9.17) is 21.1 Å². The third-order valence-corrected chi connectivity index (χ3v) is 4.34. The van der Waals surface area contributed by atoms with Crippen LogP contribution in [0.2, 0.25) is 5.02 Å². The van der Waals surface area contributed by atoms with Gasteiger partial charge in [-0.2, -0.15) is 0 Å². The summed E-state index contributed by atoms with van der Waals surface area (Å²) in [4.78, 5) is 0. The number of hydrogen-bond acceptors (Lipinski definition) is 3. The van der Waals surface area contributed by atoms with E-state index in [9.17, 15) is 0 Å². The molecule has 0 aliphatic carbocycles. The van der Waals surface area contributed by atoms with Gasteiger partial charge in [0.1, 0.15) is 11.5 Å². The van der Waals surface area contributed by atoms with Crippen LogP contribution in [-0.2, 0) is 0 Å². The van der Waals surface area contributed by atoms with Gasteiger partial charge in [0.2, 0.25) is 0 Å². The minimum absolute atomic E-state index is 0.0977. The predicted octanol–water partition coefficient (Wildman–Crippen LogP) is 5.13. The summed E-state index contributed by atoms with van der Waals surface area (Å²) < 4.78 is 11.8. The first-order valence-corrected chi connectivity index (χ1v) is 7.94. The second-order valence-corrected chi connectivity index (χ2v) is 6.20. The summed E-state index contributed by atoms with van der Waals surface area (Å²) >= 11 is 8.25. The number of anilines is 1. The molecular formula is C16H17ClINO2. The highest BCUT2D eigenvalue weighted by Gasteiger charge is 2.13. The lowest BCUT2D eigenvalue weighted by Crippen LogP contribution is -2.09. The molecule has 0 amide bonds. The Balaban J connectivity index is 2.25. The molecule has 2 rings (SSSR count). The van der Waals surface area contributed by atoms with Crippen molar-refractivity contribution < 1.29 is 9.47 Å². The number of methoxy groups -OCH3 is 2. The second kappa shape index (κ2) is 7.22. The molecule has 1 N–H and O–H groups in total. The Kier molecular flexibility index (Phi) is 5.58. The van der Waals surface area contributed by atoms with Gasteiger partial charge in [-0.05, 0) is 59.8 Å². The quantitative estimate of drug-likeness (QED) is 0.684. The van der Waals surface area contributed by atoms with E-state index in [-0.39, 0.29) is 6.04 Å². The molecule has 5 heteroatoms. The number of rotatable bonds is 5. The number of nitrogens with one attached hydrogen (secondary N) is 1. The molecule has 0 bridgehead atoms. The van der Waals surface area contributed by atoms with Crippen LogP contribution in [0, 0.1) is 3.57 Å². The average Bonchev–Trinajstić information content (AvgIpc) is 2.49. The van der Waals surface area contributed by atoms with Gasteiger partial charge in [-0.15, -0.1) is 0 Å². The van der Waals surface area contributed by atoms with E-state index in [1.807, 2.05) is 36.4 Å². The minimum atomic E-state index is 0.0977. The molecule has 2 aromatic carbocycles. The fraction of sp³-hybridized carbons (Fsp3) is 0.250. The van der Waals surface area contributed by atoms with Crippen LogP contribution in [0.25, 0.3) is 0 Å². The van der Waals surface area contributed by atoms with E-state index >= 15 is 0 Å². The maximum absolute atomic E-state index is 5.99. The Hall–Kier alpha value is -1.14. The Morgan fingerprint density at radius 1 is 1.10 bits per heavy atom. The Morgan fingerprint density at radius 3 is 2.48 bits per heavy atom. The van der Waals surface area contributed by atoms with Crippen molar-refractivity contribution in [2.45, 2.75) is 13.0 Å². The first-order chi connectivity index (χ1) is 10.0. The first-order valence-electron chi connectivity index (χ1n) is 6.48. The Morgan fingerprint density at radius 2 is 1.86 bits per heavy atom. The lowest BCUT2D eigenvalue weighted by atomic mass is 10.1. The molecule has 0 heterocycles. The number of ether oxygens (including phenoxy) is 2. The largest absolute Gasteiger partial charge is 0.497 e. The van der Waals surface area contributed by atoms with Crippen LogP contribution in [-0.4, -0.2) is 14.2 Å². The molecule has 0 radical (unpaired) electrons. The minimum Gasteiger partial charge on any atom is -0.497 e. The lowest BCUT2D eigenvalue weighted by molar-refractivity contribution is 0.390. The summed E-state index contributed by atoms with van der Waals surface area (Å²) in [5, 5.41) is 4.21. The van der Waals surface area contributed by atoms with Gasteiger partial charge in [-0.1, -0.05) is 11.6 Å².